The van der Waals surface area contributed by atoms with Crippen molar-refractivity contribution in [3.05, 3.63) is 16.1 Å². The monoisotopic (exact) mass is 345 g/mol. The number of hydrazone groups is 1. The SMILES string of the molecule is C/C(CC12CC3CC(CC(C3)C1)C2)=N/NC(=O)Cc1csc(C)n1. The molecule has 0 atom stereocenters. The van der Waals surface area contributed by atoms with E-state index in [9.17, 15) is 4.79 Å². The third-order valence-electron chi connectivity index (χ3n) is 6.18. The molecule has 4 fully saturated rings. The quantitative estimate of drug-likeness (QED) is 0.645. The minimum atomic E-state index is -0.0647. The second-order valence-electron chi connectivity index (χ2n) is 8.51. The van der Waals surface area contributed by atoms with E-state index in [-0.39, 0.29) is 5.91 Å². The molecule has 1 heterocycles. The lowest BCUT2D eigenvalue weighted by Gasteiger charge is -2.57. The number of aromatic nitrogens is 1. The van der Waals surface area contributed by atoms with Crippen LogP contribution in [0.4, 0.5) is 0 Å². The van der Waals surface area contributed by atoms with Crippen LogP contribution in [0.3, 0.4) is 0 Å². The summed E-state index contributed by atoms with van der Waals surface area (Å²) in [5.74, 6) is 2.83. The smallest absolute Gasteiger partial charge is 0.246 e. The average molecular weight is 346 g/mol. The third kappa shape index (κ3) is 3.41. The van der Waals surface area contributed by atoms with Crippen molar-refractivity contribution in [1.82, 2.24) is 10.4 Å². The van der Waals surface area contributed by atoms with Gasteiger partial charge in [0.2, 0.25) is 5.91 Å². The summed E-state index contributed by atoms with van der Waals surface area (Å²) in [7, 11) is 0. The molecule has 0 aromatic carbocycles. The predicted molar refractivity (Wildman–Crippen MR) is 97.0 cm³/mol. The first-order chi connectivity index (χ1) is 11.5. The molecule has 4 aliphatic carbocycles. The van der Waals surface area contributed by atoms with Gasteiger partial charge >= 0.3 is 0 Å². The molecule has 0 spiro atoms. The Morgan fingerprint density at radius 3 is 2.46 bits per heavy atom. The van der Waals surface area contributed by atoms with Crippen molar-refractivity contribution < 1.29 is 4.79 Å². The molecular formula is C19H27N3OS. The first-order valence-corrected chi connectivity index (χ1v) is 10.1. The maximum absolute atomic E-state index is 12.0. The van der Waals surface area contributed by atoms with Crippen LogP contribution in [0, 0.1) is 30.1 Å². The number of amides is 1. The molecule has 0 unspecified atom stereocenters. The Hall–Kier alpha value is -1.23. The number of carbonyl (C=O) groups excluding carboxylic acids is 1. The maximum atomic E-state index is 12.0. The van der Waals surface area contributed by atoms with Gasteiger partial charge in [-0.15, -0.1) is 11.3 Å². The van der Waals surface area contributed by atoms with Crippen molar-refractivity contribution in [2.75, 3.05) is 0 Å². The van der Waals surface area contributed by atoms with Crippen LogP contribution in [-0.2, 0) is 11.2 Å². The normalized spacial score (nSPS) is 34.6. The number of nitrogens with one attached hydrogen (secondary N) is 1. The lowest BCUT2D eigenvalue weighted by atomic mass is 9.48. The molecule has 1 aromatic rings. The average Bonchev–Trinajstić information content (AvgIpc) is 2.88. The van der Waals surface area contributed by atoms with E-state index in [4.69, 9.17) is 0 Å². The summed E-state index contributed by atoms with van der Waals surface area (Å²) in [5.41, 5.74) is 5.14. The first kappa shape index (κ1) is 16.2. The van der Waals surface area contributed by atoms with Gasteiger partial charge in [-0.25, -0.2) is 10.4 Å². The van der Waals surface area contributed by atoms with Gasteiger partial charge in [0.15, 0.2) is 0 Å². The van der Waals surface area contributed by atoms with E-state index in [1.165, 1.54) is 38.5 Å². The van der Waals surface area contributed by atoms with E-state index in [2.05, 4.69) is 22.4 Å². The van der Waals surface area contributed by atoms with Gasteiger partial charge in [-0.1, -0.05) is 0 Å². The fourth-order valence-electron chi connectivity index (χ4n) is 5.94. The van der Waals surface area contributed by atoms with Gasteiger partial charge in [0, 0.05) is 11.1 Å². The summed E-state index contributed by atoms with van der Waals surface area (Å²) in [4.78, 5) is 16.4. The van der Waals surface area contributed by atoms with E-state index in [0.717, 1.165) is 40.6 Å². The number of nitrogens with zero attached hydrogens (tertiary/aromatic N) is 2. The summed E-state index contributed by atoms with van der Waals surface area (Å²) in [6.45, 7) is 4.03. The second kappa shape index (κ2) is 6.25. The molecule has 1 amide bonds. The molecule has 4 aliphatic rings. The van der Waals surface area contributed by atoms with Gasteiger partial charge in [-0.05, 0) is 82.0 Å². The molecule has 0 aliphatic heterocycles. The summed E-state index contributed by atoms with van der Waals surface area (Å²) in [6.07, 6.45) is 9.95. The summed E-state index contributed by atoms with van der Waals surface area (Å²) < 4.78 is 0. The van der Waals surface area contributed by atoms with Gasteiger partial charge in [-0.2, -0.15) is 5.10 Å². The van der Waals surface area contributed by atoms with Crippen molar-refractivity contribution in [1.29, 1.82) is 0 Å². The Kier molecular flexibility index (Phi) is 4.23. The highest BCUT2D eigenvalue weighted by Crippen LogP contribution is 2.61. The van der Waals surface area contributed by atoms with Gasteiger partial charge in [-0.3, -0.25) is 4.79 Å². The molecule has 5 heteroatoms. The molecule has 130 valence electrons. The van der Waals surface area contributed by atoms with E-state index >= 15 is 0 Å². The van der Waals surface area contributed by atoms with Crippen molar-refractivity contribution in [2.24, 2.45) is 28.3 Å². The molecule has 24 heavy (non-hydrogen) atoms. The highest BCUT2D eigenvalue weighted by molar-refractivity contribution is 7.09. The zero-order chi connectivity index (χ0) is 16.7. The third-order valence-corrected chi connectivity index (χ3v) is 7.00. The van der Waals surface area contributed by atoms with Crippen LogP contribution in [0.5, 0.6) is 0 Å². The largest absolute Gasteiger partial charge is 0.273 e. The van der Waals surface area contributed by atoms with Crippen LogP contribution in [-0.4, -0.2) is 16.6 Å². The molecule has 0 saturated heterocycles. The van der Waals surface area contributed by atoms with E-state index < -0.39 is 0 Å². The minimum Gasteiger partial charge on any atom is -0.273 e. The first-order valence-electron chi connectivity index (χ1n) is 9.23. The molecule has 1 N–H and O–H groups in total. The Bertz CT molecular complexity index is 628. The molecular weight excluding hydrogens is 318 g/mol. The van der Waals surface area contributed by atoms with Crippen LogP contribution < -0.4 is 5.43 Å². The maximum Gasteiger partial charge on any atom is 0.246 e. The standard InChI is InChI=1S/C19H27N3OS/c1-12(21-22-18(23)6-17-11-24-13(2)20-17)7-19-8-14-3-15(9-19)5-16(4-14)10-19/h11,14-16H,3-10H2,1-2H3,(H,22,23)/b21-12-. The fraction of sp³-hybridized carbons (Fsp3) is 0.737. The van der Waals surface area contributed by atoms with E-state index in [1.807, 2.05) is 12.3 Å². The Morgan fingerprint density at radius 2 is 1.92 bits per heavy atom. The van der Waals surface area contributed by atoms with E-state index in [0.29, 0.717) is 11.8 Å². The topological polar surface area (TPSA) is 54.4 Å². The highest BCUT2D eigenvalue weighted by atomic mass is 32.1. The molecule has 4 nitrogen and oxygen atoms in total. The van der Waals surface area contributed by atoms with Gasteiger partial charge < -0.3 is 0 Å². The van der Waals surface area contributed by atoms with Crippen molar-refractivity contribution in [2.45, 2.75) is 65.2 Å². The lowest BCUT2D eigenvalue weighted by Crippen LogP contribution is -2.46. The molecule has 4 saturated carbocycles. The zero-order valence-electron chi connectivity index (χ0n) is 14.7. The van der Waals surface area contributed by atoms with Crippen molar-refractivity contribution >= 4 is 23.0 Å². The number of rotatable bonds is 5. The number of aryl methyl sites for hydroxylation is 1. The van der Waals surface area contributed by atoms with Crippen molar-refractivity contribution in [3.8, 4) is 0 Å². The fourth-order valence-corrected chi connectivity index (χ4v) is 6.55. The number of hydrogen-bond acceptors (Lipinski definition) is 4. The lowest BCUT2D eigenvalue weighted by molar-refractivity contribution is -0.120. The number of hydrogen-bond donors (Lipinski definition) is 1. The summed E-state index contributed by atoms with van der Waals surface area (Å²) in [6, 6.07) is 0. The van der Waals surface area contributed by atoms with Crippen LogP contribution in [0.25, 0.3) is 0 Å². The van der Waals surface area contributed by atoms with Crippen LogP contribution in [0.15, 0.2) is 10.5 Å². The van der Waals surface area contributed by atoms with Gasteiger partial charge in [0.25, 0.3) is 0 Å². The van der Waals surface area contributed by atoms with Crippen LogP contribution in [0.1, 0.15) is 62.6 Å². The molecule has 4 bridgehead atoms. The Morgan fingerprint density at radius 1 is 1.29 bits per heavy atom. The van der Waals surface area contributed by atoms with Gasteiger partial charge in [0.05, 0.1) is 17.1 Å². The second-order valence-corrected chi connectivity index (χ2v) is 9.57. The predicted octanol–water partition coefficient (Wildman–Crippen LogP) is 4.09. The van der Waals surface area contributed by atoms with Crippen molar-refractivity contribution in [3.63, 3.8) is 0 Å². The summed E-state index contributed by atoms with van der Waals surface area (Å²) >= 11 is 1.58. The minimum absolute atomic E-state index is 0.0647. The summed E-state index contributed by atoms with van der Waals surface area (Å²) in [5, 5.41) is 7.34. The Balaban J connectivity index is 1.33. The highest BCUT2D eigenvalue weighted by Gasteiger charge is 2.50. The molecule has 1 aromatic heterocycles. The molecule has 0 radical (unpaired) electrons. The number of thiazole rings is 1. The zero-order valence-corrected chi connectivity index (χ0v) is 15.5. The Labute approximate surface area is 148 Å². The number of carbonyl (C=O) groups is 1. The van der Waals surface area contributed by atoms with E-state index in [1.54, 1.807) is 11.3 Å². The molecule has 5 rings (SSSR count). The van der Waals surface area contributed by atoms with Crippen LogP contribution >= 0.6 is 11.3 Å². The van der Waals surface area contributed by atoms with Crippen LogP contribution in [0.2, 0.25) is 0 Å². The van der Waals surface area contributed by atoms with Gasteiger partial charge in [0.1, 0.15) is 0 Å².